The Morgan fingerprint density at radius 1 is 1.37 bits per heavy atom. The van der Waals surface area contributed by atoms with Crippen LogP contribution in [-0.4, -0.2) is 23.6 Å². The zero-order valence-corrected chi connectivity index (χ0v) is 13.5. The summed E-state index contributed by atoms with van der Waals surface area (Å²) in [7, 11) is 0. The smallest absolute Gasteiger partial charge is 0.123 e. The molecule has 0 saturated heterocycles. The van der Waals surface area contributed by atoms with Gasteiger partial charge in [0.15, 0.2) is 0 Å². The molecule has 0 aliphatic rings. The van der Waals surface area contributed by atoms with Crippen LogP contribution in [0.2, 0.25) is 5.02 Å². The molecule has 0 radical (unpaired) electrons. The van der Waals surface area contributed by atoms with Crippen molar-refractivity contribution in [3.8, 4) is 0 Å². The highest BCUT2D eigenvalue weighted by molar-refractivity contribution is 7.99. The minimum atomic E-state index is -0.217. The Morgan fingerprint density at radius 2 is 2.11 bits per heavy atom. The first-order chi connectivity index (χ1) is 9.02. The first kappa shape index (κ1) is 16.8. The Hall–Kier alpha value is -0.250. The summed E-state index contributed by atoms with van der Waals surface area (Å²) in [5, 5.41) is 4.78. The van der Waals surface area contributed by atoms with Crippen LogP contribution in [0.3, 0.4) is 0 Å². The molecule has 0 amide bonds. The maximum absolute atomic E-state index is 13.3. The van der Waals surface area contributed by atoms with E-state index in [1.807, 2.05) is 11.8 Å². The summed E-state index contributed by atoms with van der Waals surface area (Å²) >= 11 is 8.06. The molecular weight excluding hydrogens is 281 g/mol. The highest BCUT2D eigenvalue weighted by Crippen LogP contribution is 2.20. The Balaban J connectivity index is 2.66. The van der Waals surface area contributed by atoms with Crippen molar-refractivity contribution in [2.45, 2.75) is 44.9 Å². The fourth-order valence-electron chi connectivity index (χ4n) is 1.81. The quantitative estimate of drug-likeness (QED) is 0.757. The summed E-state index contributed by atoms with van der Waals surface area (Å²) in [5.41, 5.74) is 0.889. The Labute approximate surface area is 125 Å². The number of hydrogen-bond acceptors (Lipinski definition) is 2. The molecule has 0 bridgehead atoms. The second kappa shape index (κ2) is 8.83. The molecule has 1 unspecified atom stereocenters. The van der Waals surface area contributed by atoms with E-state index in [2.05, 4.69) is 26.1 Å². The summed E-state index contributed by atoms with van der Waals surface area (Å²) < 4.78 is 13.3. The average Bonchev–Trinajstić information content (AvgIpc) is 2.36. The Morgan fingerprint density at radius 3 is 2.74 bits per heavy atom. The van der Waals surface area contributed by atoms with Gasteiger partial charge in [0.05, 0.1) is 0 Å². The third-order valence-electron chi connectivity index (χ3n) is 2.79. The Bertz CT molecular complexity index is 384. The van der Waals surface area contributed by atoms with Gasteiger partial charge in [-0.15, -0.1) is 0 Å². The van der Waals surface area contributed by atoms with E-state index in [1.165, 1.54) is 6.07 Å². The molecule has 1 nitrogen and oxygen atoms in total. The molecule has 0 aliphatic heterocycles. The van der Waals surface area contributed by atoms with E-state index in [0.29, 0.717) is 16.3 Å². The fourth-order valence-corrected chi connectivity index (χ4v) is 2.86. The molecule has 0 aliphatic carbocycles. The van der Waals surface area contributed by atoms with E-state index >= 15 is 0 Å². The second-order valence-electron chi connectivity index (χ2n) is 4.97. The van der Waals surface area contributed by atoms with Gasteiger partial charge in [-0.25, -0.2) is 4.39 Å². The maximum atomic E-state index is 13.3. The van der Waals surface area contributed by atoms with Crippen LogP contribution >= 0.6 is 23.4 Å². The second-order valence-corrected chi connectivity index (χ2v) is 6.99. The van der Waals surface area contributed by atoms with E-state index in [1.54, 1.807) is 12.1 Å². The summed E-state index contributed by atoms with van der Waals surface area (Å²) in [4.78, 5) is 0. The van der Waals surface area contributed by atoms with Gasteiger partial charge < -0.3 is 5.32 Å². The number of halogens is 2. The van der Waals surface area contributed by atoms with Gasteiger partial charge in [-0.3, -0.25) is 0 Å². The van der Waals surface area contributed by atoms with Gasteiger partial charge in [-0.1, -0.05) is 32.4 Å². The molecule has 1 rings (SSSR count). The number of thioether (sulfide) groups is 1. The van der Waals surface area contributed by atoms with Crippen molar-refractivity contribution in [3.63, 3.8) is 0 Å². The highest BCUT2D eigenvalue weighted by atomic mass is 35.5. The molecule has 108 valence electrons. The van der Waals surface area contributed by atoms with E-state index in [0.717, 1.165) is 30.7 Å². The largest absolute Gasteiger partial charge is 0.313 e. The first-order valence-corrected chi connectivity index (χ1v) is 8.24. The standard InChI is InChI=1S/C15H23ClFNS/c1-4-7-18-14(10-19-11(2)3)9-12-8-13(17)5-6-15(12)16/h5-6,8,11,14,18H,4,7,9-10H2,1-3H3. The molecule has 1 atom stereocenters. The third-order valence-corrected chi connectivity index (χ3v) is 4.42. The molecule has 0 spiro atoms. The molecule has 1 aromatic rings. The predicted molar refractivity (Wildman–Crippen MR) is 84.8 cm³/mol. The molecule has 0 fully saturated rings. The van der Waals surface area contributed by atoms with Gasteiger partial charge in [-0.05, 0) is 48.4 Å². The SMILES string of the molecule is CCCNC(CSC(C)C)Cc1cc(F)ccc1Cl. The van der Waals surface area contributed by atoms with E-state index in [-0.39, 0.29) is 5.82 Å². The zero-order valence-electron chi connectivity index (χ0n) is 11.9. The summed E-state index contributed by atoms with van der Waals surface area (Å²) in [6.07, 6.45) is 1.87. The lowest BCUT2D eigenvalue weighted by Gasteiger charge is -2.20. The molecule has 0 heterocycles. The number of rotatable bonds is 8. The van der Waals surface area contributed by atoms with Crippen LogP contribution in [0.15, 0.2) is 18.2 Å². The molecule has 0 saturated carbocycles. The summed E-state index contributed by atoms with van der Waals surface area (Å²) in [6, 6.07) is 4.93. The normalized spacial score (nSPS) is 12.9. The molecule has 1 aromatic carbocycles. The molecule has 0 aromatic heterocycles. The number of benzene rings is 1. The van der Waals surface area contributed by atoms with Crippen molar-refractivity contribution in [2.24, 2.45) is 0 Å². The monoisotopic (exact) mass is 303 g/mol. The highest BCUT2D eigenvalue weighted by Gasteiger charge is 2.12. The van der Waals surface area contributed by atoms with Crippen LogP contribution in [-0.2, 0) is 6.42 Å². The predicted octanol–water partition coefficient (Wildman–Crippen LogP) is 4.53. The lowest BCUT2D eigenvalue weighted by molar-refractivity contribution is 0.547. The van der Waals surface area contributed by atoms with E-state index in [9.17, 15) is 4.39 Å². The summed E-state index contributed by atoms with van der Waals surface area (Å²) in [6.45, 7) is 7.51. The zero-order chi connectivity index (χ0) is 14.3. The van der Waals surface area contributed by atoms with Crippen LogP contribution in [0.4, 0.5) is 4.39 Å². The Kier molecular flexibility index (Phi) is 7.81. The van der Waals surface area contributed by atoms with Crippen LogP contribution in [0, 0.1) is 5.82 Å². The van der Waals surface area contributed by atoms with Crippen molar-refractivity contribution >= 4 is 23.4 Å². The van der Waals surface area contributed by atoms with Gasteiger partial charge in [0.1, 0.15) is 5.82 Å². The minimum absolute atomic E-state index is 0.217. The fraction of sp³-hybridized carbons (Fsp3) is 0.600. The molecule has 1 N–H and O–H groups in total. The van der Waals surface area contributed by atoms with Crippen molar-refractivity contribution in [1.29, 1.82) is 0 Å². The third kappa shape index (κ3) is 6.64. The van der Waals surface area contributed by atoms with Crippen LogP contribution < -0.4 is 5.32 Å². The van der Waals surface area contributed by atoms with Gasteiger partial charge in [0.25, 0.3) is 0 Å². The van der Waals surface area contributed by atoms with Gasteiger partial charge >= 0.3 is 0 Å². The number of nitrogens with one attached hydrogen (secondary N) is 1. The number of hydrogen-bond donors (Lipinski definition) is 1. The van der Waals surface area contributed by atoms with E-state index < -0.39 is 0 Å². The lowest BCUT2D eigenvalue weighted by atomic mass is 10.1. The molecular formula is C15H23ClFNS. The van der Waals surface area contributed by atoms with Crippen LogP contribution in [0.5, 0.6) is 0 Å². The van der Waals surface area contributed by atoms with Gasteiger partial charge in [-0.2, -0.15) is 11.8 Å². The van der Waals surface area contributed by atoms with Crippen molar-refractivity contribution < 1.29 is 4.39 Å². The average molecular weight is 304 g/mol. The van der Waals surface area contributed by atoms with Gasteiger partial charge in [0.2, 0.25) is 0 Å². The van der Waals surface area contributed by atoms with Crippen molar-refractivity contribution in [1.82, 2.24) is 5.32 Å². The van der Waals surface area contributed by atoms with Crippen LogP contribution in [0.25, 0.3) is 0 Å². The maximum Gasteiger partial charge on any atom is 0.123 e. The minimum Gasteiger partial charge on any atom is -0.313 e. The molecule has 4 heteroatoms. The van der Waals surface area contributed by atoms with Crippen molar-refractivity contribution in [3.05, 3.63) is 34.6 Å². The van der Waals surface area contributed by atoms with Gasteiger partial charge in [0, 0.05) is 16.8 Å². The van der Waals surface area contributed by atoms with E-state index in [4.69, 9.17) is 11.6 Å². The lowest BCUT2D eigenvalue weighted by Crippen LogP contribution is -2.34. The topological polar surface area (TPSA) is 12.0 Å². The first-order valence-electron chi connectivity index (χ1n) is 6.81. The summed E-state index contributed by atoms with van der Waals surface area (Å²) in [5.74, 6) is 0.801. The van der Waals surface area contributed by atoms with Crippen LogP contribution in [0.1, 0.15) is 32.8 Å². The molecule has 19 heavy (non-hydrogen) atoms. The van der Waals surface area contributed by atoms with Crippen molar-refractivity contribution in [2.75, 3.05) is 12.3 Å².